The molecular weight excluding hydrogens is 333 g/mol. The summed E-state index contributed by atoms with van der Waals surface area (Å²) >= 11 is 7.99. The Balaban J connectivity index is 0.00000176. The molecule has 0 amide bonds. The van der Waals surface area contributed by atoms with Gasteiger partial charge < -0.3 is 4.90 Å². The zero-order valence-corrected chi connectivity index (χ0v) is 15.3. The standard InChI is InChI=1S/C18H22ClNS.ClH/c1-20(10-9-17-6-3-11-21-17)13-15-5-2-4-14-12-16(19)7-8-18(14)15;/h3,6-8,11-12,15H,2,4-5,9-10,13H2,1H3;1H. The fourth-order valence-corrected chi connectivity index (χ4v) is 4.19. The molecule has 0 saturated carbocycles. The van der Waals surface area contributed by atoms with E-state index >= 15 is 0 Å². The van der Waals surface area contributed by atoms with E-state index in [4.69, 9.17) is 11.6 Å². The van der Waals surface area contributed by atoms with Crippen LogP contribution in [-0.4, -0.2) is 25.0 Å². The molecule has 0 bridgehead atoms. The Labute approximate surface area is 148 Å². The van der Waals surface area contributed by atoms with Crippen molar-refractivity contribution in [2.75, 3.05) is 20.1 Å². The molecule has 0 N–H and O–H groups in total. The van der Waals surface area contributed by atoms with Crippen molar-refractivity contribution in [1.82, 2.24) is 4.90 Å². The first kappa shape index (κ1) is 17.8. The molecule has 0 fully saturated rings. The lowest BCUT2D eigenvalue weighted by atomic mass is 9.82. The Bertz CT molecular complexity index is 583. The molecule has 120 valence electrons. The smallest absolute Gasteiger partial charge is 0.0408 e. The molecule has 1 atom stereocenters. The second-order valence-corrected chi connectivity index (χ2v) is 7.49. The van der Waals surface area contributed by atoms with Gasteiger partial charge in [-0.3, -0.25) is 0 Å². The Hall–Kier alpha value is -0.540. The van der Waals surface area contributed by atoms with Crippen molar-refractivity contribution in [2.24, 2.45) is 0 Å². The Morgan fingerprint density at radius 1 is 1.32 bits per heavy atom. The molecule has 0 aliphatic heterocycles. The highest BCUT2D eigenvalue weighted by atomic mass is 35.5. The van der Waals surface area contributed by atoms with Gasteiger partial charge in [-0.1, -0.05) is 23.7 Å². The normalized spacial score (nSPS) is 17.1. The Kier molecular flexibility index (Phi) is 6.76. The summed E-state index contributed by atoms with van der Waals surface area (Å²) < 4.78 is 0. The minimum atomic E-state index is 0. The average molecular weight is 356 g/mol. The molecule has 2 aromatic rings. The monoisotopic (exact) mass is 355 g/mol. The van der Waals surface area contributed by atoms with E-state index in [2.05, 4.69) is 41.6 Å². The second kappa shape index (κ2) is 8.35. The first-order valence-corrected chi connectivity index (χ1v) is 8.97. The van der Waals surface area contributed by atoms with Crippen LogP contribution in [0.4, 0.5) is 0 Å². The predicted molar refractivity (Wildman–Crippen MR) is 99.9 cm³/mol. The average Bonchev–Trinajstić information content (AvgIpc) is 2.98. The molecule has 0 radical (unpaired) electrons. The van der Waals surface area contributed by atoms with Crippen LogP contribution in [0.1, 0.15) is 34.8 Å². The van der Waals surface area contributed by atoms with Crippen LogP contribution in [0.25, 0.3) is 0 Å². The quantitative estimate of drug-likeness (QED) is 0.692. The minimum Gasteiger partial charge on any atom is -0.305 e. The summed E-state index contributed by atoms with van der Waals surface area (Å²) in [5.74, 6) is 0.666. The van der Waals surface area contributed by atoms with Crippen molar-refractivity contribution in [3.63, 3.8) is 0 Å². The zero-order valence-electron chi connectivity index (χ0n) is 12.9. The summed E-state index contributed by atoms with van der Waals surface area (Å²) in [6, 6.07) is 10.8. The van der Waals surface area contributed by atoms with Gasteiger partial charge in [-0.15, -0.1) is 23.7 Å². The number of rotatable bonds is 5. The number of halogens is 2. The third kappa shape index (κ3) is 4.48. The maximum absolute atomic E-state index is 6.13. The van der Waals surface area contributed by atoms with E-state index in [1.165, 1.54) is 35.3 Å². The van der Waals surface area contributed by atoms with E-state index < -0.39 is 0 Å². The summed E-state index contributed by atoms with van der Waals surface area (Å²) in [6.45, 7) is 2.29. The molecule has 1 aliphatic carbocycles. The van der Waals surface area contributed by atoms with Gasteiger partial charge in [0.1, 0.15) is 0 Å². The van der Waals surface area contributed by atoms with Gasteiger partial charge in [0, 0.05) is 23.0 Å². The molecule has 22 heavy (non-hydrogen) atoms. The van der Waals surface area contributed by atoms with Gasteiger partial charge >= 0.3 is 0 Å². The zero-order chi connectivity index (χ0) is 14.7. The van der Waals surface area contributed by atoms with E-state index in [1.54, 1.807) is 0 Å². The van der Waals surface area contributed by atoms with Gasteiger partial charge in [-0.25, -0.2) is 0 Å². The lowest BCUT2D eigenvalue weighted by Gasteiger charge is -2.29. The van der Waals surface area contributed by atoms with Gasteiger partial charge in [-0.2, -0.15) is 0 Å². The number of aryl methyl sites for hydroxylation is 1. The van der Waals surface area contributed by atoms with E-state index in [-0.39, 0.29) is 12.4 Å². The first-order chi connectivity index (χ1) is 10.2. The first-order valence-electron chi connectivity index (χ1n) is 7.71. The molecule has 1 aromatic heterocycles. The van der Waals surface area contributed by atoms with Gasteiger partial charge in [0.2, 0.25) is 0 Å². The van der Waals surface area contributed by atoms with E-state index in [1.807, 2.05) is 17.4 Å². The molecule has 0 saturated heterocycles. The van der Waals surface area contributed by atoms with Crippen LogP contribution in [0.15, 0.2) is 35.7 Å². The lowest BCUT2D eigenvalue weighted by molar-refractivity contribution is 0.301. The molecule has 1 aliphatic rings. The molecule has 3 rings (SSSR count). The van der Waals surface area contributed by atoms with E-state index in [0.29, 0.717) is 5.92 Å². The topological polar surface area (TPSA) is 3.24 Å². The molecule has 1 unspecified atom stereocenters. The number of nitrogens with zero attached hydrogens (tertiary/aromatic N) is 1. The van der Waals surface area contributed by atoms with E-state index in [9.17, 15) is 0 Å². The summed E-state index contributed by atoms with van der Waals surface area (Å²) in [4.78, 5) is 3.96. The summed E-state index contributed by atoms with van der Waals surface area (Å²) in [6.07, 6.45) is 4.94. The number of hydrogen-bond donors (Lipinski definition) is 0. The molecule has 1 aromatic carbocycles. The molecule has 1 heterocycles. The Morgan fingerprint density at radius 3 is 2.95 bits per heavy atom. The van der Waals surface area contributed by atoms with Crippen molar-refractivity contribution >= 4 is 35.3 Å². The number of thiophene rings is 1. The van der Waals surface area contributed by atoms with Crippen LogP contribution < -0.4 is 0 Å². The number of fused-ring (bicyclic) bond motifs is 1. The largest absolute Gasteiger partial charge is 0.305 e. The predicted octanol–water partition coefficient (Wildman–Crippen LogP) is 5.42. The maximum Gasteiger partial charge on any atom is 0.0408 e. The van der Waals surface area contributed by atoms with Gasteiger partial charge in [0.05, 0.1) is 0 Å². The number of hydrogen-bond acceptors (Lipinski definition) is 2. The minimum absolute atomic E-state index is 0. The SMILES string of the molecule is CN(CCc1cccs1)CC1CCCc2cc(Cl)ccc21.Cl. The maximum atomic E-state index is 6.13. The van der Waals surface area contributed by atoms with Crippen LogP contribution in [0, 0.1) is 0 Å². The van der Waals surface area contributed by atoms with Gasteiger partial charge in [-0.05, 0) is 73.4 Å². The van der Waals surface area contributed by atoms with E-state index in [0.717, 1.165) is 24.5 Å². The highest BCUT2D eigenvalue weighted by Crippen LogP contribution is 2.33. The van der Waals surface area contributed by atoms with Crippen LogP contribution in [0.5, 0.6) is 0 Å². The fourth-order valence-electron chi connectivity index (χ4n) is 3.30. The highest BCUT2D eigenvalue weighted by Gasteiger charge is 2.21. The molecule has 0 spiro atoms. The van der Waals surface area contributed by atoms with Crippen molar-refractivity contribution in [3.05, 3.63) is 56.7 Å². The van der Waals surface area contributed by atoms with Crippen molar-refractivity contribution in [3.8, 4) is 0 Å². The van der Waals surface area contributed by atoms with Crippen molar-refractivity contribution in [1.29, 1.82) is 0 Å². The summed E-state index contributed by atoms with van der Waals surface area (Å²) in [5, 5.41) is 3.04. The molecule has 1 nitrogen and oxygen atoms in total. The van der Waals surface area contributed by atoms with Crippen LogP contribution in [0.2, 0.25) is 5.02 Å². The summed E-state index contributed by atoms with van der Waals surface area (Å²) in [7, 11) is 2.25. The van der Waals surface area contributed by atoms with Crippen LogP contribution in [-0.2, 0) is 12.8 Å². The fraction of sp³-hybridized carbons (Fsp3) is 0.444. The molecule has 4 heteroatoms. The third-order valence-electron chi connectivity index (χ3n) is 4.40. The molecular formula is C18H23Cl2NS. The van der Waals surface area contributed by atoms with Crippen LogP contribution >= 0.6 is 35.3 Å². The van der Waals surface area contributed by atoms with Gasteiger partial charge in [0.15, 0.2) is 0 Å². The summed E-state index contributed by atoms with van der Waals surface area (Å²) in [5.41, 5.74) is 2.99. The van der Waals surface area contributed by atoms with Crippen molar-refractivity contribution in [2.45, 2.75) is 31.6 Å². The highest BCUT2D eigenvalue weighted by molar-refractivity contribution is 7.09. The lowest BCUT2D eigenvalue weighted by Crippen LogP contribution is -2.28. The second-order valence-electron chi connectivity index (χ2n) is 6.02. The third-order valence-corrected chi connectivity index (χ3v) is 5.57. The van der Waals surface area contributed by atoms with Crippen LogP contribution in [0.3, 0.4) is 0 Å². The van der Waals surface area contributed by atoms with Crippen molar-refractivity contribution < 1.29 is 0 Å². The Morgan fingerprint density at radius 2 is 2.18 bits per heavy atom. The van der Waals surface area contributed by atoms with Gasteiger partial charge in [0.25, 0.3) is 0 Å². The number of benzene rings is 1. The number of likely N-dealkylation sites (N-methyl/N-ethyl adjacent to an activating group) is 1.